The minimum Gasteiger partial charge on any atom is -0.348 e. The Labute approximate surface area is 178 Å². The summed E-state index contributed by atoms with van der Waals surface area (Å²) in [5, 5.41) is 6.13. The lowest BCUT2D eigenvalue weighted by Crippen LogP contribution is -2.29. The molecule has 0 spiro atoms. The van der Waals surface area contributed by atoms with Gasteiger partial charge in [0.15, 0.2) is 0 Å². The van der Waals surface area contributed by atoms with Crippen LogP contribution < -0.4 is 15.4 Å². The smallest absolute Gasteiger partial charge is 0.261 e. The van der Waals surface area contributed by atoms with Crippen molar-refractivity contribution in [2.24, 2.45) is 0 Å². The minimum atomic E-state index is -3.67. The molecule has 1 amide bonds. The lowest BCUT2D eigenvalue weighted by atomic mass is 10.1. The van der Waals surface area contributed by atoms with Crippen molar-refractivity contribution in [3.8, 4) is 0 Å². The zero-order valence-corrected chi connectivity index (χ0v) is 18.1. The van der Waals surface area contributed by atoms with E-state index in [1.54, 1.807) is 42.5 Å². The van der Waals surface area contributed by atoms with Crippen LogP contribution in [0.2, 0.25) is 0 Å². The molecule has 156 valence electrons. The molecule has 1 aliphatic rings. The highest BCUT2D eigenvalue weighted by molar-refractivity contribution is 7.92. The van der Waals surface area contributed by atoms with Crippen molar-refractivity contribution < 1.29 is 13.2 Å². The molecule has 0 saturated heterocycles. The Bertz CT molecular complexity index is 1000. The maximum Gasteiger partial charge on any atom is 0.261 e. The van der Waals surface area contributed by atoms with E-state index in [0.29, 0.717) is 17.8 Å². The molecule has 0 saturated carbocycles. The average molecular weight is 436 g/mol. The summed E-state index contributed by atoms with van der Waals surface area (Å²) in [4.78, 5) is 12.5. The number of carbonyl (C=O) groups excluding carboxylic acids is 1. The second kappa shape index (κ2) is 9.91. The third-order valence-corrected chi connectivity index (χ3v) is 6.20. The van der Waals surface area contributed by atoms with Crippen molar-refractivity contribution in [3.05, 3.63) is 70.8 Å². The highest BCUT2D eigenvalue weighted by Crippen LogP contribution is 2.19. The van der Waals surface area contributed by atoms with Crippen molar-refractivity contribution in [2.75, 3.05) is 24.4 Å². The molecule has 0 unspecified atom stereocenters. The number of rotatable bonds is 6. The monoisotopic (exact) mass is 435 g/mol. The van der Waals surface area contributed by atoms with Crippen LogP contribution in [0, 0.1) is 13.8 Å². The molecule has 0 atom stereocenters. The topological polar surface area (TPSA) is 87.3 Å². The first-order valence-corrected chi connectivity index (χ1v) is 10.7. The summed E-state index contributed by atoms with van der Waals surface area (Å²) in [5.74, 6) is -0.178. The SMILES string of the molecule is Cc1ccc(S(=O)(=O)Nc2ccc(C(=O)NCC3=CCNCC3)cc2)cc1C.Cl. The van der Waals surface area contributed by atoms with Gasteiger partial charge in [-0.1, -0.05) is 17.7 Å². The molecule has 1 aliphatic heterocycles. The summed E-state index contributed by atoms with van der Waals surface area (Å²) >= 11 is 0. The molecule has 2 aromatic carbocycles. The molecule has 6 nitrogen and oxygen atoms in total. The Kier molecular flexibility index (Phi) is 7.84. The third kappa shape index (κ3) is 6.06. The highest BCUT2D eigenvalue weighted by atomic mass is 35.5. The predicted molar refractivity (Wildman–Crippen MR) is 118 cm³/mol. The quantitative estimate of drug-likeness (QED) is 0.608. The van der Waals surface area contributed by atoms with Crippen molar-refractivity contribution in [3.63, 3.8) is 0 Å². The molecule has 3 rings (SSSR count). The van der Waals surface area contributed by atoms with E-state index in [9.17, 15) is 13.2 Å². The Morgan fingerprint density at radius 2 is 1.79 bits per heavy atom. The van der Waals surface area contributed by atoms with Gasteiger partial charge in [-0.3, -0.25) is 9.52 Å². The predicted octanol–water partition coefficient (Wildman–Crippen LogP) is 3.18. The van der Waals surface area contributed by atoms with E-state index in [1.807, 2.05) is 13.8 Å². The van der Waals surface area contributed by atoms with Crippen LogP contribution in [0.3, 0.4) is 0 Å². The highest BCUT2D eigenvalue weighted by Gasteiger charge is 2.15. The van der Waals surface area contributed by atoms with Gasteiger partial charge in [0.25, 0.3) is 15.9 Å². The molecule has 1 heterocycles. The van der Waals surface area contributed by atoms with Gasteiger partial charge in [0.1, 0.15) is 0 Å². The number of halogens is 1. The van der Waals surface area contributed by atoms with Gasteiger partial charge in [0, 0.05) is 24.3 Å². The van der Waals surface area contributed by atoms with Crippen LogP contribution in [0.15, 0.2) is 59.0 Å². The number of benzene rings is 2. The Balaban J connectivity index is 0.00000300. The van der Waals surface area contributed by atoms with E-state index in [0.717, 1.165) is 30.6 Å². The van der Waals surface area contributed by atoms with E-state index < -0.39 is 10.0 Å². The first kappa shape index (κ1) is 22.9. The molecule has 0 bridgehead atoms. The maximum absolute atomic E-state index is 12.6. The van der Waals surface area contributed by atoms with E-state index in [1.165, 1.54) is 5.57 Å². The largest absolute Gasteiger partial charge is 0.348 e. The second-order valence-electron chi connectivity index (χ2n) is 6.93. The van der Waals surface area contributed by atoms with E-state index >= 15 is 0 Å². The molecule has 0 aromatic heterocycles. The molecule has 2 aromatic rings. The van der Waals surface area contributed by atoms with Gasteiger partial charge in [0.05, 0.1) is 4.90 Å². The Morgan fingerprint density at radius 1 is 1.07 bits per heavy atom. The number of nitrogens with one attached hydrogen (secondary N) is 3. The van der Waals surface area contributed by atoms with Crippen LogP contribution in [0.1, 0.15) is 27.9 Å². The van der Waals surface area contributed by atoms with E-state index in [4.69, 9.17) is 0 Å². The molecule has 3 N–H and O–H groups in total. The molecule has 29 heavy (non-hydrogen) atoms. The van der Waals surface area contributed by atoms with Crippen LogP contribution in [0.5, 0.6) is 0 Å². The summed E-state index contributed by atoms with van der Waals surface area (Å²) in [7, 11) is -3.67. The zero-order valence-electron chi connectivity index (χ0n) is 16.5. The Hall–Kier alpha value is -2.35. The molecular formula is C21H26ClN3O3S. The summed E-state index contributed by atoms with van der Waals surface area (Å²) in [6.07, 6.45) is 3.02. The first-order chi connectivity index (χ1) is 13.3. The number of amides is 1. The van der Waals surface area contributed by atoms with Crippen LogP contribution in [0.25, 0.3) is 0 Å². The lowest BCUT2D eigenvalue weighted by molar-refractivity contribution is 0.0956. The zero-order chi connectivity index (χ0) is 20.1. The number of hydrogen-bond acceptors (Lipinski definition) is 4. The van der Waals surface area contributed by atoms with E-state index in [-0.39, 0.29) is 23.2 Å². The number of sulfonamides is 1. The summed E-state index contributed by atoms with van der Waals surface area (Å²) in [5.41, 5.74) is 4.07. The normalized spacial score (nSPS) is 13.8. The van der Waals surface area contributed by atoms with Gasteiger partial charge in [0.2, 0.25) is 0 Å². The molecular weight excluding hydrogens is 410 g/mol. The lowest BCUT2D eigenvalue weighted by Gasteiger charge is -2.14. The summed E-state index contributed by atoms with van der Waals surface area (Å²) in [6, 6.07) is 11.4. The van der Waals surface area contributed by atoms with E-state index in [2.05, 4.69) is 21.4 Å². The van der Waals surface area contributed by atoms with Crippen molar-refractivity contribution >= 4 is 34.0 Å². The van der Waals surface area contributed by atoms with Crippen molar-refractivity contribution in [1.82, 2.24) is 10.6 Å². The maximum atomic E-state index is 12.6. The van der Waals surface area contributed by atoms with Crippen molar-refractivity contribution in [2.45, 2.75) is 25.2 Å². The summed E-state index contributed by atoms with van der Waals surface area (Å²) in [6.45, 7) is 6.10. The standard InChI is InChI=1S/C21H25N3O3S.ClH/c1-15-3-8-20(13-16(15)2)28(26,27)24-19-6-4-18(5-7-19)21(25)23-14-17-9-11-22-12-10-17;/h3-9,13,22,24H,10-12,14H2,1-2H3,(H,23,25);1H. The fraction of sp³-hybridized carbons (Fsp3) is 0.286. The van der Waals surface area contributed by atoms with Crippen LogP contribution >= 0.6 is 12.4 Å². The van der Waals surface area contributed by atoms with Crippen LogP contribution in [0.4, 0.5) is 5.69 Å². The average Bonchev–Trinajstić information content (AvgIpc) is 2.69. The second-order valence-corrected chi connectivity index (χ2v) is 8.61. The first-order valence-electron chi connectivity index (χ1n) is 9.22. The third-order valence-electron chi connectivity index (χ3n) is 4.82. The van der Waals surface area contributed by atoms with Crippen LogP contribution in [-0.4, -0.2) is 34.0 Å². The van der Waals surface area contributed by atoms with Gasteiger partial charge in [-0.25, -0.2) is 8.42 Å². The van der Waals surface area contributed by atoms with Crippen molar-refractivity contribution in [1.29, 1.82) is 0 Å². The molecule has 0 radical (unpaired) electrons. The molecule has 8 heteroatoms. The number of hydrogen-bond donors (Lipinski definition) is 3. The van der Waals surface area contributed by atoms with Gasteiger partial charge in [-0.05, 0) is 74.3 Å². The Morgan fingerprint density at radius 3 is 2.41 bits per heavy atom. The van der Waals surface area contributed by atoms with Gasteiger partial charge in [-0.2, -0.15) is 0 Å². The number of carbonyl (C=O) groups is 1. The number of anilines is 1. The van der Waals surface area contributed by atoms with Gasteiger partial charge in [-0.15, -0.1) is 12.4 Å². The summed E-state index contributed by atoms with van der Waals surface area (Å²) < 4.78 is 27.7. The fourth-order valence-electron chi connectivity index (χ4n) is 2.91. The minimum absolute atomic E-state index is 0. The van der Waals surface area contributed by atoms with Gasteiger partial charge < -0.3 is 10.6 Å². The molecule has 0 fully saturated rings. The fourth-order valence-corrected chi connectivity index (χ4v) is 4.05. The number of aryl methyl sites for hydroxylation is 2. The van der Waals surface area contributed by atoms with Crippen LogP contribution in [-0.2, 0) is 10.0 Å². The van der Waals surface area contributed by atoms with Gasteiger partial charge >= 0.3 is 0 Å². The molecule has 0 aliphatic carbocycles.